The number of ether oxygens (including phenoxy) is 1. The smallest absolute Gasteiger partial charge is 0.386 e. The van der Waals surface area contributed by atoms with Gasteiger partial charge < -0.3 is 50.9 Å². The molecule has 352 valence electrons. The van der Waals surface area contributed by atoms with Gasteiger partial charge in [-0.05, 0) is 6.42 Å². The molecule has 2 amide bonds. The largest absolute Gasteiger partial charge is 0.481 e. The second-order valence-corrected chi connectivity index (χ2v) is 20.2. The summed E-state index contributed by atoms with van der Waals surface area (Å²) in [4.78, 5) is 100. The first-order valence-electron chi connectivity index (χ1n) is 19.6. The van der Waals surface area contributed by atoms with Crippen molar-refractivity contribution in [2.45, 2.75) is 116 Å². The number of carbonyl (C=O) groups is 4. The Hall–Kier alpha value is -2.77. The second-order valence-electron chi connectivity index (χ2n) is 14.9. The molecule has 62 heavy (non-hydrogen) atoms. The summed E-state index contributed by atoms with van der Waals surface area (Å²) in [6.07, 6.45) is 1.59. The first-order valence-corrected chi connectivity index (χ1v) is 25.1. The maximum Gasteiger partial charge on any atom is 0.481 e. The lowest BCUT2D eigenvalue weighted by molar-refractivity contribution is -0.137. The molecule has 7 atom stereocenters. The Labute approximate surface area is 361 Å². The number of aromatic nitrogens is 4. The fourth-order valence-electron chi connectivity index (χ4n) is 5.88. The Morgan fingerprint density at radius 1 is 0.935 bits per heavy atom. The molecule has 0 spiro atoms. The molecule has 2 aromatic heterocycles. The van der Waals surface area contributed by atoms with Crippen LogP contribution in [0, 0.1) is 5.41 Å². The molecule has 1 aliphatic rings. The molecule has 0 aliphatic carbocycles. The van der Waals surface area contributed by atoms with E-state index in [1.165, 1.54) is 39.5 Å². The van der Waals surface area contributed by atoms with E-state index < -0.39 is 95.5 Å². The number of nitrogens with one attached hydrogen (secondary N) is 2. The lowest BCUT2D eigenvalue weighted by Gasteiger charge is -2.30. The highest BCUT2D eigenvalue weighted by Gasteiger charge is 2.50. The number of fused-ring (bicyclic) bond motifs is 1. The molecule has 0 radical (unpaired) electrons. The van der Waals surface area contributed by atoms with E-state index in [9.17, 15) is 62.7 Å². The Morgan fingerprint density at radius 2 is 1.58 bits per heavy atom. The molecule has 3 rings (SSSR count). The lowest BCUT2D eigenvalue weighted by Crippen LogP contribution is -2.46. The molecular weight excluding hydrogens is 907 g/mol. The van der Waals surface area contributed by atoms with E-state index >= 15 is 0 Å². The molecule has 10 N–H and O–H groups in total. The molecule has 29 heteroatoms. The van der Waals surface area contributed by atoms with Gasteiger partial charge in [0.15, 0.2) is 17.7 Å². The van der Waals surface area contributed by atoms with E-state index in [1.807, 2.05) is 0 Å². The van der Waals surface area contributed by atoms with Gasteiger partial charge in [0.25, 0.3) is 5.12 Å². The number of carbonyl (C=O) groups excluding carboxylic acids is 4. The van der Waals surface area contributed by atoms with Crippen molar-refractivity contribution in [2.24, 2.45) is 5.41 Å². The van der Waals surface area contributed by atoms with E-state index in [4.69, 9.17) is 19.5 Å². The van der Waals surface area contributed by atoms with E-state index in [0.29, 0.717) is 6.42 Å². The number of Topliss-reactive ketones (excluding diaryl/α,β-unsaturated/α-hetero) is 1. The number of nitrogen functional groups attached to an aromatic ring is 1. The molecule has 25 nitrogen and oxygen atoms in total. The Balaban J connectivity index is 1.39. The van der Waals surface area contributed by atoms with Crippen molar-refractivity contribution in [3.8, 4) is 0 Å². The minimum Gasteiger partial charge on any atom is -0.386 e. The molecule has 2 unspecified atom stereocenters. The summed E-state index contributed by atoms with van der Waals surface area (Å²) in [6.45, 7) is 2.43. The number of imidazole rings is 1. The standard InChI is InChI=1S/C33H56N7O18P3S/c1-4-5-6-7-8-9-10-11-12-21(41)32(46)62-16-15-35-23(42)13-14-36-30(45)27(44)33(2,3)18-55-61(52,53)58-60(50,51)54-17-22-26(57-59(47,48)49)25(43)31(56-22)40-20-39-24-28(34)37-19-38-29(24)40/h19-20,22,25-27,31,43-44H,4-18H2,1-3H3,(H,35,42)(H,36,45)(H,50,51)(H,52,53)(H2,34,37,38)(H2,47,48,49)/t22-,25-,26-,27+,31-/m1/s1. The number of thioether (sulfide) groups is 1. The number of phosphoric ester groups is 3. The van der Waals surface area contributed by atoms with Crippen LogP contribution < -0.4 is 16.4 Å². The topological polar surface area (TPSA) is 381 Å². The van der Waals surface area contributed by atoms with Gasteiger partial charge in [0.05, 0.1) is 19.5 Å². The van der Waals surface area contributed by atoms with Crippen LogP contribution >= 0.6 is 35.2 Å². The second kappa shape index (κ2) is 24.5. The van der Waals surface area contributed by atoms with Crippen molar-refractivity contribution in [3.05, 3.63) is 12.7 Å². The van der Waals surface area contributed by atoms with Crippen molar-refractivity contribution in [1.82, 2.24) is 30.2 Å². The minimum atomic E-state index is -5.59. The summed E-state index contributed by atoms with van der Waals surface area (Å²) in [6, 6.07) is 0. The van der Waals surface area contributed by atoms with Gasteiger partial charge in [-0.3, -0.25) is 37.3 Å². The van der Waals surface area contributed by atoms with Crippen molar-refractivity contribution in [1.29, 1.82) is 0 Å². The highest BCUT2D eigenvalue weighted by Crippen LogP contribution is 2.61. The van der Waals surface area contributed by atoms with Gasteiger partial charge in [0.2, 0.25) is 17.6 Å². The van der Waals surface area contributed by atoms with Crippen LogP contribution in [0.4, 0.5) is 5.82 Å². The van der Waals surface area contributed by atoms with Crippen molar-refractivity contribution in [2.75, 3.05) is 37.8 Å². The number of phosphoric acid groups is 3. The number of aliphatic hydroxyl groups is 2. The minimum absolute atomic E-state index is 0.0251. The van der Waals surface area contributed by atoms with Crippen LogP contribution in [0.5, 0.6) is 0 Å². The Morgan fingerprint density at radius 3 is 2.24 bits per heavy atom. The third kappa shape index (κ3) is 17.7. The Kier molecular flexibility index (Phi) is 21.2. The van der Waals surface area contributed by atoms with Crippen LogP contribution in [-0.2, 0) is 55.5 Å². The number of hydrogen-bond donors (Lipinski definition) is 9. The lowest BCUT2D eigenvalue weighted by atomic mass is 9.87. The van der Waals surface area contributed by atoms with Crippen LogP contribution in [0.2, 0.25) is 0 Å². The first kappa shape index (κ1) is 53.6. The number of aliphatic hydroxyl groups excluding tert-OH is 2. The third-order valence-electron chi connectivity index (χ3n) is 9.22. The van der Waals surface area contributed by atoms with Gasteiger partial charge in [-0.25, -0.2) is 28.6 Å². The summed E-state index contributed by atoms with van der Waals surface area (Å²) in [5.74, 6) is -1.84. The predicted octanol–water partition coefficient (Wildman–Crippen LogP) is 1.76. The average Bonchev–Trinajstić information content (AvgIpc) is 3.75. The summed E-state index contributed by atoms with van der Waals surface area (Å²) in [5.41, 5.74) is 4.23. The molecular formula is C33H56N7O18P3S. The zero-order chi connectivity index (χ0) is 46.3. The molecule has 0 bridgehead atoms. The fraction of sp³-hybridized carbons (Fsp3) is 0.727. The van der Waals surface area contributed by atoms with Crippen LogP contribution in [-0.4, -0.2) is 128 Å². The van der Waals surface area contributed by atoms with Crippen LogP contribution in [0.25, 0.3) is 11.2 Å². The van der Waals surface area contributed by atoms with Crippen LogP contribution in [0.1, 0.15) is 91.2 Å². The van der Waals surface area contributed by atoms with E-state index in [2.05, 4.69) is 41.3 Å². The quantitative estimate of drug-likeness (QED) is 0.0318. The molecule has 2 aromatic rings. The van der Waals surface area contributed by atoms with Crippen molar-refractivity contribution in [3.63, 3.8) is 0 Å². The molecule has 1 aliphatic heterocycles. The zero-order valence-electron chi connectivity index (χ0n) is 34.3. The summed E-state index contributed by atoms with van der Waals surface area (Å²) in [5, 5.41) is 25.8. The molecule has 0 saturated carbocycles. The summed E-state index contributed by atoms with van der Waals surface area (Å²) >= 11 is 0.806. The van der Waals surface area contributed by atoms with Gasteiger partial charge in [-0.15, -0.1) is 0 Å². The maximum atomic E-state index is 12.7. The first-order chi connectivity index (χ1) is 29.0. The predicted molar refractivity (Wildman–Crippen MR) is 219 cm³/mol. The number of ketones is 1. The molecule has 1 saturated heterocycles. The van der Waals surface area contributed by atoms with Gasteiger partial charge in [-0.2, -0.15) is 4.31 Å². The monoisotopic (exact) mass is 963 g/mol. The van der Waals surface area contributed by atoms with Gasteiger partial charge in [0.1, 0.15) is 36.3 Å². The number of amides is 2. The van der Waals surface area contributed by atoms with E-state index in [1.54, 1.807) is 0 Å². The van der Waals surface area contributed by atoms with Crippen LogP contribution in [0.3, 0.4) is 0 Å². The number of unbranched alkanes of at least 4 members (excludes halogenated alkanes) is 7. The average molecular weight is 964 g/mol. The highest BCUT2D eigenvalue weighted by molar-refractivity contribution is 8.15. The SMILES string of the molecule is CCCCCCCCCCC(=O)C(=O)SCCNC(=O)CCNC(=O)[C@H](O)C(C)(C)COP(=O)(O)OP(=O)(O)OC[C@H]1O[C@@H](n2cnc3c(N)ncnc32)[C@H](O)[C@@H]1OP(=O)(O)O. The van der Waals surface area contributed by atoms with E-state index in [-0.39, 0.29) is 48.7 Å². The molecule has 3 heterocycles. The van der Waals surface area contributed by atoms with Gasteiger partial charge >= 0.3 is 23.5 Å². The van der Waals surface area contributed by atoms with Gasteiger partial charge in [-0.1, -0.05) is 77.5 Å². The number of nitrogens with two attached hydrogens (primary N) is 1. The van der Waals surface area contributed by atoms with E-state index in [0.717, 1.165) is 48.2 Å². The molecule has 0 aromatic carbocycles. The number of rotatable bonds is 29. The highest BCUT2D eigenvalue weighted by atomic mass is 32.2. The van der Waals surface area contributed by atoms with Crippen molar-refractivity contribution >= 4 is 74.9 Å². The Bertz CT molecular complexity index is 1970. The fourth-order valence-corrected chi connectivity index (χ4v) is 9.36. The molecule has 1 fully saturated rings. The number of hydrogen-bond acceptors (Lipinski definition) is 19. The normalized spacial score (nSPS) is 20.7. The third-order valence-corrected chi connectivity index (χ3v) is 13.2. The number of nitrogens with zero attached hydrogens (tertiary/aromatic N) is 4. The van der Waals surface area contributed by atoms with Crippen molar-refractivity contribution < 1.29 is 85.3 Å². The summed E-state index contributed by atoms with van der Waals surface area (Å²) in [7, 11) is -16.4. The van der Waals surface area contributed by atoms with Crippen LogP contribution in [0.15, 0.2) is 12.7 Å². The maximum absolute atomic E-state index is 12.7. The zero-order valence-corrected chi connectivity index (χ0v) is 37.8. The number of anilines is 1. The summed E-state index contributed by atoms with van der Waals surface area (Å²) < 4.78 is 62.2. The van der Waals surface area contributed by atoms with Gasteiger partial charge in [0, 0.05) is 37.1 Å².